The number of alkyl halides is 3. The second-order valence-corrected chi connectivity index (χ2v) is 12.1. The molecule has 8 nitrogen and oxygen atoms in total. The number of anilines is 3. The maximum absolute atomic E-state index is 13.9. The number of rotatable bonds is 7. The summed E-state index contributed by atoms with van der Waals surface area (Å²) in [6.07, 6.45) is -3.07. The molecule has 1 aliphatic heterocycles. The number of aromatic nitrogens is 1. The third-order valence-corrected chi connectivity index (χ3v) is 9.27. The Hall–Kier alpha value is -3.62. The maximum atomic E-state index is 13.9. The molecule has 5 rings (SSSR count). The Morgan fingerprint density at radius 2 is 1.82 bits per heavy atom. The van der Waals surface area contributed by atoms with E-state index in [4.69, 9.17) is 9.47 Å². The van der Waals surface area contributed by atoms with Gasteiger partial charge in [0.15, 0.2) is 11.7 Å². The normalized spacial score (nSPS) is 13.5. The average Bonchev–Trinajstić information content (AvgIpc) is 3.46. The van der Waals surface area contributed by atoms with Gasteiger partial charge in [-0.3, -0.25) is 9.69 Å². The number of methoxy groups -OCH3 is 1. The van der Waals surface area contributed by atoms with E-state index in [0.717, 1.165) is 23.5 Å². The lowest BCUT2D eigenvalue weighted by atomic mass is 10.1. The highest BCUT2D eigenvalue weighted by atomic mass is 79.9. The highest BCUT2D eigenvalue weighted by molar-refractivity contribution is 9.10. The molecule has 0 fully saturated rings. The van der Waals surface area contributed by atoms with Gasteiger partial charge >= 0.3 is 6.18 Å². The van der Waals surface area contributed by atoms with Crippen molar-refractivity contribution in [2.24, 2.45) is 0 Å². The number of nitrogens with zero attached hydrogens (tertiary/aromatic N) is 3. The monoisotopic (exact) mass is 653 g/mol. The third-order valence-electron chi connectivity index (χ3n) is 5.99. The molecule has 0 radical (unpaired) electrons. The van der Waals surface area contributed by atoms with Crippen LogP contribution in [0, 0.1) is 0 Å². The SMILES string of the molecule is COc1ccc(CN(c2nccs2)S(=O)(=O)c2ccc3c(c2)OCC(=O)N3c2ccc(C(F)(F)F)cc2Br)cc1. The zero-order chi connectivity index (χ0) is 28.7. The van der Waals surface area contributed by atoms with Crippen molar-refractivity contribution in [3.63, 3.8) is 0 Å². The zero-order valence-electron chi connectivity index (χ0n) is 20.6. The molecular formula is C26H19BrF3N3O5S2. The average molecular weight is 654 g/mol. The van der Waals surface area contributed by atoms with Crippen LogP contribution in [0.2, 0.25) is 0 Å². The van der Waals surface area contributed by atoms with Crippen LogP contribution in [0.4, 0.5) is 29.7 Å². The topological polar surface area (TPSA) is 89.0 Å². The van der Waals surface area contributed by atoms with E-state index in [-0.39, 0.29) is 38.2 Å². The van der Waals surface area contributed by atoms with E-state index >= 15 is 0 Å². The molecule has 0 spiro atoms. The first kappa shape index (κ1) is 27.9. The summed E-state index contributed by atoms with van der Waals surface area (Å²) < 4.78 is 79.1. The van der Waals surface area contributed by atoms with Crippen LogP contribution in [0.3, 0.4) is 0 Å². The first-order valence-corrected chi connectivity index (χ1v) is 14.6. The number of sulfonamides is 1. The van der Waals surface area contributed by atoms with Gasteiger partial charge in [-0.2, -0.15) is 13.2 Å². The minimum absolute atomic E-state index is 0.0130. The van der Waals surface area contributed by atoms with Crippen molar-refractivity contribution < 1.29 is 35.9 Å². The molecule has 0 saturated heterocycles. The van der Waals surface area contributed by atoms with Gasteiger partial charge in [-0.05, 0) is 64.0 Å². The highest BCUT2D eigenvalue weighted by Crippen LogP contribution is 2.43. The van der Waals surface area contributed by atoms with Gasteiger partial charge in [0.2, 0.25) is 0 Å². The number of ether oxygens (including phenoxy) is 2. The molecule has 208 valence electrons. The van der Waals surface area contributed by atoms with Crippen LogP contribution >= 0.6 is 27.3 Å². The molecule has 1 aliphatic rings. The van der Waals surface area contributed by atoms with Gasteiger partial charge in [0.1, 0.15) is 11.5 Å². The minimum Gasteiger partial charge on any atom is -0.497 e. The number of amides is 1. The Kier molecular flexibility index (Phi) is 7.50. The summed E-state index contributed by atoms with van der Waals surface area (Å²) >= 11 is 4.28. The molecule has 40 heavy (non-hydrogen) atoms. The maximum Gasteiger partial charge on any atom is 0.416 e. The van der Waals surface area contributed by atoms with E-state index in [2.05, 4.69) is 20.9 Å². The number of hydrogen-bond acceptors (Lipinski definition) is 7. The van der Waals surface area contributed by atoms with Gasteiger partial charge in [0, 0.05) is 22.1 Å². The quantitative estimate of drug-likeness (QED) is 0.230. The molecule has 1 amide bonds. The Balaban J connectivity index is 1.52. The molecule has 0 aliphatic carbocycles. The van der Waals surface area contributed by atoms with Crippen LogP contribution in [0.25, 0.3) is 0 Å². The van der Waals surface area contributed by atoms with Crippen LogP contribution in [0.15, 0.2) is 81.6 Å². The molecule has 3 aromatic carbocycles. The van der Waals surface area contributed by atoms with E-state index in [9.17, 15) is 26.4 Å². The number of hydrogen-bond donors (Lipinski definition) is 0. The minimum atomic E-state index is -4.56. The van der Waals surface area contributed by atoms with Gasteiger partial charge in [-0.25, -0.2) is 17.7 Å². The number of thiazole rings is 1. The first-order chi connectivity index (χ1) is 19.0. The lowest BCUT2D eigenvalue weighted by Crippen LogP contribution is -2.36. The smallest absolute Gasteiger partial charge is 0.416 e. The molecule has 0 saturated carbocycles. The van der Waals surface area contributed by atoms with E-state index in [1.54, 1.807) is 29.6 Å². The summed E-state index contributed by atoms with van der Waals surface area (Å²) in [5.74, 6) is 0.168. The zero-order valence-corrected chi connectivity index (χ0v) is 23.8. The lowest BCUT2D eigenvalue weighted by Gasteiger charge is -2.31. The van der Waals surface area contributed by atoms with Gasteiger partial charge < -0.3 is 9.47 Å². The molecule has 0 atom stereocenters. The summed E-state index contributed by atoms with van der Waals surface area (Å²) in [6, 6.07) is 13.8. The molecule has 14 heteroatoms. The summed E-state index contributed by atoms with van der Waals surface area (Å²) in [6.45, 7) is -0.451. The summed E-state index contributed by atoms with van der Waals surface area (Å²) in [7, 11) is -2.63. The Morgan fingerprint density at radius 3 is 2.45 bits per heavy atom. The van der Waals surface area contributed by atoms with E-state index < -0.39 is 34.3 Å². The largest absolute Gasteiger partial charge is 0.497 e. The van der Waals surface area contributed by atoms with Crippen LogP contribution in [0.1, 0.15) is 11.1 Å². The van der Waals surface area contributed by atoms with Crippen LogP contribution < -0.4 is 18.7 Å². The van der Waals surface area contributed by atoms with Crippen molar-refractivity contribution in [1.29, 1.82) is 0 Å². The highest BCUT2D eigenvalue weighted by Gasteiger charge is 2.35. The molecule has 1 aromatic heterocycles. The molecule has 0 unspecified atom stereocenters. The Bertz CT molecular complexity index is 1660. The fourth-order valence-electron chi connectivity index (χ4n) is 4.04. The number of carbonyl (C=O) groups is 1. The lowest BCUT2D eigenvalue weighted by molar-refractivity contribution is -0.137. The fraction of sp³-hybridized carbons (Fsp3) is 0.154. The number of fused-ring (bicyclic) bond motifs is 1. The standard InChI is InChI=1S/C26H19BrF3N3O5S2/c1-37-18-5-2-16(3-6-18)14-32(25-31-10-11-39-25)40(35,36)19-7-9-22-23(13-19)38-15-24(34)33(22)21-8-4-17(12-20(21)27)26(28,29)30/h2-13H,14-15H2,1H3. The number of carbonyl (C=O) groups excluding carboxylic acids is 1. The summed E-state index contributed by atoms with van der Waals surface area (Å²) in [4.78, 5) is 18.1. The van der Waals surface area contributed by atoms with Crippen molar-refractivity contribution in [3.05, 3.63) is 87.8 Å². The van der Waals surface area contributed by atoms with E-state index in [0.29, 0.717) is 11.3 Å². The molecular weight excluding hydrogens is 635 g/mol. The van der Waals surface area contributed by atoms with Crippen molar-refractivity contribution >= 4 is 59.7 Å². The predicted molar refractivity (Wildman–Crippen MR) is 147 cm³/mol. The third kappa shape index (κ3) is 5.38. The van der Waals surface area contributed by atoms with Crippen molar-refractivity contribution in [2.75, 3.05) is 22.9 Å². The molecule has 0 N–H and O–H groups in total. The molecule has 4 aromatic rings. The van der Waals surface area contributed by atoms with Gasteiger partial charge in [-0.1, -0.05) is 12.1 Å². The van der Waals surface area contributed by atoms with E-state index in [1.807, 2.05) is 0 Å². The Morgan fingerprint density at radius 1 is 1.10 bits per heavy atom. The fourth-order valence-corrected chi connectivity index (χ4v) is 6.89. The van der Waals surface area contributed by atoms with Gasteiger partial charge in [0.25, 0.3) is 15.9 Å². The second-order valence-electron chi connectivity index (χ2n) is 8.49. The van der Waals surface area contributed by atoms with Crippen LogP contribution in [-0.2, 0) is 27.5 Å². The Labute approximate surface area is 239 Å². The predicted octanol–water partition coefficient (Wildman–Crippen LogP) is 6.39. The van der Waals surface area contributed by atoms with Crippen molar-refractivity contribution in [3.8, 4) is 11.5 Å². The number of benzene rings is 3. The van der Waals surface area contributed by atoms with Gasteiger partial charge in [-0.15, -0.1) is 11.3 Å². The van der Waals surface area contributed by atoms with Crippen molar-refractivity contribution in [1.82, 2.24) is 4.98 Å². The summed E-state index contributed by atoms with van der Waals surface area (Å²) in [5.41, 5.74) is 0.149. The second kappa shape index (κ2) is 10.7. The molecule has 0 bridgehead atoms. The van der Waals surface area contributed by atoms with Crippen LogP contribution in [0.5, 0.6) is 11.5 Å². The van der Waals surface area contributed by atoms with Crippen LogP contribution in [-0.4, -0.2) is 33.0 Å². The first-order valence-electron chi connectivity index (χ1n) is 11.5. The molecule has 2 heterocycles. The number of halogens is 4. The van der Waals surface area contributed by atoms with Crippen molar-refractivity contribution in [2.45, 2.75) is 17.6 Å². The van der Waals surface area contributed by atoms with Gasteiger partial charge in [0.05, 0.1) is 35.5 Å². The summed E-state index contributed by atoms with van der Waals surface area (Å²) in [5, 5.41) is 1.91. The van der Waals surface area contributed by atoms with E-state index in [1.165, 1.54) is 46.8 Å².